The van der Waals surface area contributed by atoms with Crippen LogP contribution in [0.3, 0.4) is 0 Å². The number of thiazole rings is 1. The van der Waals surface area contributed by atoms with Crippen molar-refractivity contribution in [3.8, 4) is 11.1 Å². The molecule has 0 aliphatic heterocycles. The summed E-state index contributed by atoms with van der Waals surface area (Å²) in [5, 5.41) is 9.64. The fraction of sp³-hybridized carbons (Fsp3) is 0.190. The van der Waals surface area contributed by atoms with E-state index in [2.05, 4.69) is 20.5 Å². The van der Waals surface area contributed by atoms with Crippen LogP contribution in [-0.4, -0.2) is 39.1 Å². The number of alkyl halides is 3. The van der Waals surface area contributed by atoms with E-state index in [1.807, 2.05) is 42.5 Å². The van der Waals surface area contributed by atoms with E-state index in [4.69, 9.17) is 10.2 Å². The van der Waals surface area contributed by atoms with E-state index < -0.39 is 48.7 Å². The normalized spacial score (nSPS) is 12.6. The molecule has 0 aliphatic carbocycles. The maximum atomic E-state index is 12.7. The van der Waals surface area contributed by atoms with E-state index in [9.17, 15) is 22.8 Å². The van der Waals surface area contributed by atoms with Crippen LogP contribution in [-0.2, 0) is 4.79 Å². The summed E-state index contributed by atoms with van der Waals surface area (Å²) in [4.78, 5) is 28.5. The van der Waals surface area contributed by atoms with E-state index in [0.717, 1.165) is 27.2 Å². The van der Waals surface area contributed by atoms with Gasteiger partial charge in [-0.3, -0.25) is 9.59 Å². The van der Waals surface area contributed by atoms with E-state index in [1.54, 1.807) is 6.07 Å². The largest absolute Gasteiger partial charge is 0.400 e. The Morgan fingerprint density at radius 2 is 1.85 bits per heavy atom. The number of hydrogen-bond acceptors (Lipinski definition) is 8. The minimum Gasteiger partial charge on any atom is -0.400 e. The van der Waals surface area contributed by atoms with Crippen molar-refractivity contribution >= 4 is 39.3 Å². The van der Waals surface area contributed by atoms with Crippen molar-refractivity contribution in [3.05, 3.63) is 59.4 Å². The molecule has 2 aromatic carbocycles. The van der Waals surface area contributed by atoms with Gasteiger partial charge in [-0.1, -0.05) is 41.5 Å². The second kappa shape index (κ2) is 8.98. The highest BCUT2D eigenvalue weighted by atomic mass is 32.1. The van der Waals surface area contributed by atoms with E-state index in [-0.39, 0.29) is 5.01 Å². The Labute approximate surface area is 188 Å². The van der Waals surface area contributed by atoms with Gasteiger partial charge in [0.25, 0.3) is 11.7 Å². The van der Waals surface area contributed by atoms with E-state index in [1.165, 1.54) is 0 Å². The number of hydrogen-bond donors (Lipinski definition) is 2. The van der Waals surface area contributed by atoms with Crippen LogP contribution in [0.25, 0.3) is 21.3 Å². The first-order valence-electron chi connectivity index (χ1n) is 9.66. The molecule has 1 amide bonds. The van der Waals surface area contributed by atoms with Gasteiger partial charge in [-0.25, -0.2) is 4.98 Å². The topological polar surface area (TPSA) is 124 Å². The summed E-state index contributed by atoms with van der Waals surface area (Å²) < 4.78 is 43.3. The average molecular weight is 475 g/mol. The second-order valence-electron chi connectivity index (χ2n) is 7.06. The van der Waals surface area contributed by atoms with Gasteiger partial charge in [0.2, 0.25) is 5.91 Å². The molecule has 12 heteroatoms. The van der Waals surface area contributed by atoms with Crippen LogP contribution in [0.4, 0.5) is 19.2 Å². The summed E-state index contributed by atoms with van der Waals surface area (Å²) in [6.45, 7) is 0. The summed E-state index contributed by atoms with van der Waals surface area (Å²) in [6, 6.07) is 13.5. The number of fused-ring (bicyclic) bond motifs is 1. The molecule has 0 aliphatic rings. The first-order valence-corrected chi connectivity index (χ1v) is 10.5. The Kier molecular flexibility index (Phi) is 6.09. The number of anilines is 1. The van der Waals surface area contributed by atoms with Crippen LogP contribution in [0.2, 0.25) is 0 Å². The number of ketones is 1. The van der Waals surface area contributed by atoms with Crippen molar-refractivity contribution in [3.63, 3.8) is 0 Å². The van der Waals surface area contributed by atoms with Gasteiger partial charge in [0.05, 0.1) is 10.2 Å². The Morgan fingerprint density at radius 3 is 2.55 bits per heavy atom. The van der Waals surface area contributed by atoms with Crippen LogP contribution in [0, 0.1) is 0 Å². The molecule has 3 N–H and O–H groups in total. The van der Waals surface area contributed by atoms with Crippen molar-refractivity contribution < 1.29 is 27.2 Å². The number of halogens is 3. The maximum Gasteiger partial charge on any atom is 0.389 e. The molecule has 8 nitrogen and oxygen atoms in total. The fourth-order valence-corrected chi connectivity index (χ4v) is 3.98. The standard InChI is InChI=1S/C21H16F3N5O3S/c22-21(23,24)9-8-14(17(25)31)27-20-29-28-18(32-20)16(30)19-26-13-7-6-12(10-15(13)33-19)11-4-2-1-3-5-11/h1-7,10,14H,8-9H2,(H2,25,31)(H,27,29). The molecule has 0 fully saturated rings. The van der Waals surface area contributed by atoms with Crippen molar-refractivity contribution in [1.82, 2.24) is 15.2 Å². The minimum atomic E-state index is -4.46. The number of aromatic nitrogens is 3. The van der Waals surface area contributed by atoms with E-state index >= 15 is 0 Å². The summed E-state index contributed by atoms with van der Waals surface area (Å²) in [6.07, 6.45) is -6.31. The molecule has 1 unspecified atom stereocenters. The lowest BCUT2D eigenvalue weighted by molar-refractivity contribution is -0.137. The number of amides is 1. The van der Waals surface area contributed by atoms with Gasteiger partial charge in [0.15, 0.2) is 5.01 Å². The van der Waals surface area contributed by atoms with Gasteiger partial charge >= 0.3 is 12.2 Å². The zero-order chi connectivity index (χ0) is 23.6. The molecule has 0 spiro atoms. The predicted octanol–water partition coefficient (Wildman–Crippen LogP) is 4.19. The van der Waals surface area contributed by atoms with Gasteiger partial charge in [-0.15, -0.1) is 16.4 Å². The second-order valence-corrected chi connectivity index (χ2v) is 8.09. The highest BCUT2D eigenvalue weighted by Crippen LogP contribution is 2.29. The van der Waals surface area contributed by atoms with Gasteiger partial charge in [0, 0.05) is 6.42 Å². The molecule has 33 heavy (non-hydrogen) atoms. The molecule has 2 heterocycles. The number of rotatable bonds is 8. The number of nitrogens with one attached hydrogen (secondary N) is 1. The minimum absolute atomic E-state index is 0.105. The zero-order valence-corrected chi connectivity index (χ0v) is 17.6. The van der Waals surface area contributed by atoms with Crippen LogP contribution in [0.15, 0.2) is 52.9 Å². The molecule has 4 aromatic rings. The third-order valence-corrected chi connectivity index (χ3v) is 5.68. The zero-order valence-electron chi connectivity index (χ0n) is 16.8. The molecular formula is C21H16F3N5O3S. The van der Waals surface area contributed by atoms with E-state index in [0.29, 0.717) is 5.52 Å². The lowest BCUT2D eigenvalue weighted by Crippen LogP contribution is -2.36. The highest BCUT2D eigenvalue weighted by molar-refractivity contribution is 7.20. The van der Waals surface area contributed by atoms with Crippen molar-refractivity contribution in [2.75, 3.05) is 5.32 Å². The van der Waals surface area contributed by atoms with Crippen LogP contribution < -0.4 is 11.1 Å². The Bertz CT molecular complexity index is 1300. The summed E-state index contributed by atoms with van der Waals surface area (Å²) in [5.74, 6) is -2.09. The molecule has 0 saturated carbocycles. The van der Waals surface area contributed by atoms with Crippen molar-refractivity contribution in [2.24, 2.45) is 5.73 Å². The quantitative estimate of drug-likeness (QED) is 0.366. The molecule has 2 aromatic heterocycles. The number of benzene rings is 2. The molecule has 1 atom stereocenters. The summed E-state index contributed by atoms with van der Waals surface area (Å²) in [5.41, 5.74) is 7.73. The Balaban J connectivity index is 1.51. The highest BCUT2D eigenvalue weighted by Gasteiger charge is 2.31. The maximum absolute atomic E-state index is 12.7. The number of carbonyl (C=O) groups is 2. The molecule has 0 radical (unpaired) electrons. The third-order valence-electron chi connectivity index (χ3n) is 4.67. The van der Waals surface area contributed by atoms with Crippen LogP contribution in [0.5, 0.6) is 0 Å². The first-order chi connectivity index (χ1) is 15.7. The monoisotopic (exact) mass is 475 g/mol. The third kappa shape index (κ3) is 5.34. The molecule has 0 saturated heterocycles. The number of carbonyl (C=O) groups excluding carboxylic acids is 2. The lowest BCUT2D eigenvalue weighted by Gasteiger charge is -2.14. The fourth-order valence-electron chi connectivity index (χ4n) is 3.04. The number of primary amides is 1. The van der Waals surface area contributed by atoms with Crippen LogP contribution in [0.1, 0.15) is 28.5 Å². The summed E-state index contributed by atoms with van der Waals surface area (Å²) >= 11 is 1.14. The summed E-state index contributed by atoms with van der Waals surface area (Å²) in [7, 11) is 0. The van der Waals surface area contributed by atoms with Gasteiger partial charge < -0.3 is 15.5 Å². The van der Waals surface area contributed by atoms with Crippen molar-refractivity contribution in [1.29, 1.82) is 0 Å². The number of nitrogens with two attached hydrogens (primary N) is 1. The SMILES string of the molecule is NC(=O)C(CCC(F)(F)F)Nc1nnc(C(=O)c2nc3ccc(-c4ccccc4)cc3s2)o1. The molecular weight excluding hydrogens is 459 g/mol. The number of nitrogens with zero attached hydrogens (tertiary/aromatic N) is 3. The molecule has 0 bridgehead atoms. The van der Waals surface area contributed by atoms with Crippen LogP contribution >= 0.6 is 11.3 Å². The van der Waals surface area contributed by atoms with Gasteiger partial charge in [-0.05, 0) is 29.7 Å². The molecule has 170 valence electrons. The first kappa shape index (κ1) is 22.4. The van der Waals surface area contributed by atoms with Gasteiger partial charge in [0.1, 0.15) is 6.04 Å². The Hall–Kier alpha value is -3.80. The predicted molar refractivity (Wildman–Crippen MR) is 115 cm³/mol. The Morgan fingerprint density at radius 1 is 1.09 bits per heavy atom. The molecule has 4 rings (SSSR count). The van der Waals surface area contributed by atoms with Gasteiger partial charge in [-0.2, -0.15) is 13.2 Å². The smallest absolute Gasteiger partial charge is 0.389 e. The lowest BCUT2D eigenvalue weighted by atomic mass is 10.1. The van der Waals surface area contributed by atoms with Crippen molar-refractivity contribution in [2.45, 2.75) is 25.1 Å². The average Bonchev–Trinajstić information content (AvgIpc) is 3.42.